The van der Waals surface area contributed by atoms with Crippen LogP contribution in [0.5, 0.6) is 11.5 Å². The van der Waals surface area contributed by atoms with Crippen LogP contribution >= 0.6 is 11.6 Å². The summed E-state index contributed by atoms with van der Waals surface area (Å²) in [5.41, 5.74) is 1.86. The number of rotatable bonds is 6. The van der Waals surface area contributed by atoms with E-state index in [4.69, 9.17) is 21.1 Å². The molecule has 0 aliphatic carbocycles. The van der Waals surface area contributed by atoms with E-state index in [2.05, 4.69) is 10.3 Å². The molecule has 3 aromatic carbocycles. The molecule has 1 heterocycles. The third kappa shape index (κ3) is 4.29. The fourth-order valence-corrected chi connectivity index (χ4v) is 3.65. The zero-order valence-corrected chi connectivity index (χ0v) is 18.2. The molecule has 4 aromatic rings. The lowest BCUT2D eigenvalue weighted by molar-refractivity contribution is -0.116. The third-order valence-electron chi connectivity index (χ3n) is 4.96. The maximum Gasteiger partial charge on any atom is 0.349 e. The number of nitrogens with one attached hydrogen (secondary N) is 1. The summed E-state index contributed by atoms with van der Waals surface area (Å²) < 4.78 is 11.8. The average molecular weight is 450 g/mol. The summed E-state index contributed by atoms with van der Waals surface area (Å²) in [5, 5.41) is 3.97. The highest BCUT2D eigenvalue weighted by atomic mass is 35.5. The van der Waals surface area contributed by atoms with Gasteiger partial charge in [-0.1, -0.05) is 41.9 Å². The number of hydrogen-bond acceptors (Lipinski definition) is 5. The van der Waals surface area contributed by atoms with E-state index in [1.54, 1.807) is 36.4 Å². The van der Waals surface area contributed by atoms with Gasteiger partial charge in [-0.25, -0.2) is 4.79 Å². The van der Waals surface area contributed by atoms with Crippen LogP contribution in [0.3, 0.4) is 0 Å². The van der Waals surface area contributed by atoms with Gasteiger partial charge in [0.25, 0.3) is 0 Å². The Morgan fingerprint density at radius 3 is 2.47 bits per heavy atom. The van der Waals surface area contributed by atoms with Crippen molar-refractivity contribution in [3.8, 4) is 22.8 Å². The number of hydrogen-bond donors (Lipinski definition) is 1. The van der Waals surface area contributed by atoms with Gasteiger partial charge in [0.1, 0.15) is 6.54 Å². The monoisotopic (exact) mass is 449 g/mol. The normalized spacial score (nSPS) is 10.7. The lowest BCUT2D eigenvalue weighted by atomic mass is 10.1. The van der Waals surface area contributed by atoms with Crippen molar-refractivity contribution in [2.75, 3.05) is 19.5 Å². The van der Waals surface area contributed by atoms with Crippen molar-refractivity contribution < 1.29 is 14.3 Å². The molecule has 4 rings (SSSR count). The molecule has 1 N–H and O–H groups in total. The number of carbonyl (C=O) groups excluding carboxylic acids is 1. The van der Waals surface area contributed by atoms with Gasteiger partial charge in [-0.05, 0) is 30.3 Å². The molecular weight excluding hydrogens is 430 g/mol. The van der Waals surface area contributed by atoms with Gasteiger partial charge in [-0.2, -0.15) is 4.98 Å². The molecule has 32 heavy (non-hydrogen) atoms. The number of nitrogens with zero attached hydrogens (tertiary/aromatic N) is 2. The minimum Gasteiger partial charge on any atom is -0.493 e. The van der Waals surface area contributed by atoms with Gasteiger partial charge in [-0.15, -0.1) is 0 Å². The molecule has 0 atom stereocenters. The van der Waals surface area contributed by atoms with E-state index < -0.39 is 5.69 Å². The highest BCUT2D eigenvalue weighted by Gasteiger charge is 2.15. The van der Waals surface area contributed by atoms with E-state index >= 15 is 0 Å². The van der Waals surface area contributed by atoms with Gasteiger partial charge in [0.05, 0.1) is 25.4 Å². The van der Waals surface area contributed by atoms with Crippen LogP contribution in [-0.2, 0) is 11.3 Å². The zero-order valence-electron chi connectivity index (χ0n) is 17.5. The van der Waals surface area contributed by atoms with Gasteiger partial charge in [0.15, 0.2) is 11.5 Å². The molecule has 0 unspecified atom stereocenters. The summed E-state index contributed by atoms with van der Waals surface area (Å²) in [6.07, 6.45) is 0. The van der Waals surface area contributed by atoms with E-state index in [1.807, 2.05) is 30.3 Å². The first-order chi connectivity index (χ1) is 15.5. The zero-order chi connectivity index (χ0) is 22.7. The van der Waals surface area contributed by atoms with Crippen LogP contribution in [0.1, 0.15) is 0 Å². The Bertz CT molecular complexity index is 1350. The topological polar surface area (TPSA) is 82.5 Å². The van der Waals surface area contributed by atoms with Crippen LogP contribution in [-0.4, -0.2) is 29.7 Å². The minimum atomic E-state index is -0.527. The molecular formula is C24H20ClN3O4. The first kappa shape index (κ1) is 21.4. The van der Waals surface area contributed by atoms with Crippen LogP contribution in [0.25, 0.3) is 22.2 Å². The molecule has 0 aliphatic heterocycles. The second-order valence-electron chi connectivity index (χ2n) is 6.97. The SMILES string of the molecule is COc1ccc(NC(=O)Cn2c(=O)nc(-c3ccccc3)c3cc(Cl)ccc32)cc1OC. The molecule has 162 valence electrons. The minimum absolute atomic E-state index is 0.215. The van der Waals surface area contributed by atoms with E-state index in [9.17, 15) is 9.59 Å². The highest BCUT2D eigenvalue weighted by molar-refractivity contribution is 6.31. The quantitative estimate of drug-likeness (QED) is 0.472. The van der Waals surface area contributed by atoms with Gasteiger partial charge >= 0.3 is 5.69 Å². The van der Waals surface area contributed by atoms with E-state index in [0.717, 1.165) is 5.56 Å². The standard InChI is InChI=1S/C24H20ClN3O4/c1-31-20-11-9-17(13-21(20)32-2)26-22(29)14-28-19-10-8-16(25)12-18(19)23(27-24(28)30)15-6-4-3-5-7-15/h3-13H,14H2,1-2H3,(H,26,29). The molecule has 0 saturated carbocycles. The summed E-state index contributed by atoms with van der Waals surface area (Å²) in [5.74, 6) is 0.645. The van der Waals surface area contributed by atoms with Crippen LogP contribution in [0.2, 0.25) is 5.02 Å². The number of benzene rings is 3. The van der Waals surface area contributed by atoms with Crippen LogP contribution < -0.4 is 20.5 Å². The third-order valence-corrected chi connectivity index (χ3v) is 5.19. The molecule has 0 fully saturated rings. The van der Waals surface area contributed by atoms with Crippen molar-refractivity contribution in [1.82, 2.24) is 9.55 Å². The second-order valence-corrected chi connectivity index (χ2v) is 7.41. The van der Waals surface area contributed by atoms with E-state index in [0.29, 0.717) is 38.8 Å². The number of anilines is 1. The first-order valence-corrected chi connectivity index (χ1v) is 10.2. The van der Waals surface area contributed by atoms with Crippen LogP contribution in [0, 0.1) is 0 Å². The predicted octanol–water partition coefficient (Wildman–Crippen LogP) is 4.37. The lowest BCUT2D eigenvalue weighted by Crippen LogP contribution is -2.30. The largest absolute Gasteiger partial charge is 0.493 e. The Kier molecular flexibility index (Phi) is 6.09. The molecule has 0 radical (unpaired) electrons. The molecule has 0 spiro atoms. The number of halogens is 1. The molecule has 0 bridgehead atoms. The fourth-order valence-electron chi connectivity index (χ4n) is 3.48. The van der Waals surface area contributed by atoms with Crippen molar-refractivity contribution in [2.24, 2.45) is 0 Å². The molecule has 0 saturated heterocycles. The molecule has 1 amide bonds. The smallest absolute Gasteiger partial charge is 0.349 e. The predicted molar refractivity (Wildman–Crippen MR) is 125 cm³/mol. The van der Waals surface area contributed by atoms with E-state index in [-0.39, 0.29) is 12.5 Å². The Morgan fingerprint density at radius 1 is 1.00 bits per heavy atom. The Hall–Kier alpha value is -3.84. The van der Waals surface area contributed by atoms with Crippen molar-refractivity contribution in [3.63, 3.8) is 0 Å². The Morgan fingerprint density at radius 2 is 1.75 bits per heavy atom. The molecule has 0 aliphatic rings. The Labute approximate surface area is 189 Å². The number of methoxy groups -OCH3 is 2. The Balaban J connectivity index is 1.70. The van der Waals surface area contributed by atoms with Crippen LogP contribution in [0.15, 0.2) is 71.5 Å². The summed E-state index contributed by atoms with van der Waals surface area (Å²) in [6.45, 7) is -0.215. The number of ether oxygens (including phenoxy) is 2. The van der Waals surface area contributed by atoms with Gasteiger partial charge in [-0.3, -0.25) is 9.36 Å². The molecule has 7 nitrogen and oxygen atoms in total. The maximum absolute atomic E-state index is 12.9. The van der Waals surface area contributed by atoms with Gasteiger partial charge < -0.3 is 14.8 Å². The summed E-state index contributed by atoms with van der Waals surface area (Å²) in [6, 6.07) is 19.5. The molecule has 1 aromatic heterocycles. The highest BCUT2D eigenvalue weighted by Crippen LogP contribution is 2.30. The lowest BCUT2D eigenvalue weighted by Gasteiger charge is -2.14. The van der Waals surface area contributed by atoms with Gasteiger partial charge in [0.2, 0.25) is 5.91 Å². The van der Waals surface area contributed by atoms with Crippen molar-refractivity contribution in [3.05, 3.63) is 82.2 Å². The number of aromatic nitrogens is 2. The van der Waals surface area contributed by atoms with Gasteiger partial charge in [0, 0.05) is 27.7 Å². The molecule has 8 heteroatoms. The first-order valence-electron chi connectivity index (χ1n) is 9.77. The van der Waals surface area contributed by atoms with E-state index in [1.165, 1.54) is 18.8 Å². The maximum atomic E-state index is 12.9. The summed E-state index contributed by atoms with van der Waals surface area (Å²) in [4.78, 5) is 29.9. The fraction of sp³-hybridized carbons (Fsp3) is 0.125. The number of fused-ring (bicyclic) bond motifs is 1. The van der Waals surface area contributed by atoms with Crippen LogP contribution in [0.4, 0.5) is 5.69 Å². The second kappa shape index (κ2) is 9.11. The average Bonchev–Trinajstić information content (AvgIpc) is 2.81. The van der Waals surface area contributed by atoms with Crippen molar-refractivity contribution in [1.29, 1.82) is 0 Å². The number of carbonyl (C=O) groups is 1. The number of amides is 1. The summed E-state index contributed by atoms with van der Waals surface area (Å²) >= 11 is 6.22. The van der Waals surface area contributed by atoms with Crippen molar-refractivity contribution >= 4 is 34.1 Å². The summed E-state index contributed by atoms with van der Waals surface area (Å²) in [7, 11) is 3.05. The van der Waals surface area contributed by atoms with Crippen molar-refractivity contribution in [2.45, 2.75) is 6.54 Å².